The second-order valence-electron chi connectivity index (χ2n) is 6.37. The van der Waals surface area contributed by atoms with E-state index in [1.807, 2.05) is 24.0 Å². The van der Waals surface area contributed by atoms with Crippen molar-refractivity contribution in [1.29, 1.82) is 0 Å². The second kappa shape index (κ2) is 6.22. The summed E-state index contributed by atoms with van der Waals surface area (Å²) in [5, 5.41) is 9.12. The Morgan fingerprint density at radius 3 is 3.00 bits per heavy atom. The minimum Gasteiger partial charge on any atom is -0.492 e. The van der Waals surface area contributed by atoms with Crippen molar-refractivity contribution in [2.75, 3.05) is 13.2 Å². The molecule has 0 amide bonds. The monoisotopic (exact) mass is 337 g/mol. The molecule has 0 unspecified atom stereocenters. The number of fused-ring (bicyclic) bond motifs is 2. The lowest BCUT2D eigenvalue weighted by molar-refractivity contribution is 0.0696. The fourth-order valence-electron chi connectivity index (χ4n) is 3.23. The molecule has 0 saturated carbocycles. The van der Waals surface area contributed by atoms with Gasteiger partial charge in [0.15, 0.2) is 0 Å². The molecule has 3 aromatic rings. The number of carboxylic acids is 1. The summed E-state index contributed by atoms with van der Waals surface area (Å²) in [4.78, 5) is 17.8. The molecule has 4 rings (SSSR count). The number of imidazole rings is 1. The highest BCUT2D eigenvalue weighted by atomic mass is 16.5. The maximum Gasteiger partial charge on any atom is 0.335 e. The Morgan fingerprint density at radius 2 is 2.16 bits per heavy atom. The summed E-state index contributed by atoms with van der Waals surface area (Å²) in [6, 6.07) is 11.4. The normalized spacial score (nSPS) is 14.8. The van der Waals surface area contributed by atoms with E-state index in [0.29, 0.717) is 12.4 Å². The van der Waals surface area contributed by atoms with Gasteiger partial charge in [-0.25, -0.2) is 9.78 Å². The Balaban J connectivity index is 1.55. The molecule has 0 radical (unpaired) electrons. The first-order chi connectivity index (χ1) is 12.1. The average Bonchev–Trinajstić information content (AvgIpc) is 2.84. The second-order valence-corrected chi connectivity index (χ2v) is 6.37. The summed E-state index contributed by atoms with van der Waals surface area (Å²) in [5.41, 5.74) is 4.60. The van der Waals surface area contributed by atoms with Crippen LogP contribution in [0.1, 0.15) is 21.5 Å². The molecule has 2 heterocycles. The number of carboxylic acid groups (broad SMARTS) is 1. The van der Waals surface area contributed by atoms with Crippen molar-refractivity contribution in [2.24, 2.45) is 7.05 Å². The van der Waals surface area contributed by atoms with E-state index in [1.165, 1.54) is 5.56 Å². The van der Waals surface area contributed by atoms with Gasteiger partial charge in [0, 0.05) is 32.2 Å². The number of carbonyl (C=O) groups is 1. The number of nitrogens with zero attached hydrogens (tertiary/aromatic N) is 3. The van der Waals surface area contributed by atoms with Gasteiger partial charge in [-0.1, -0.05) is 12.1 Å². The van der Waals surface area contributed by atoms with E-state index < -0.39 is 5.97 Å². The van der Waals surface area contributed by atoms with Crippen molar-refractivity contribution in [3.63, 3.8) is 0 Å². The Kier molecular flexibility index (Phi) is 3.89. The first kappa shape index (κ1) is 15.7. The predicted octanol–water partition coefficient (Wildman–Crippen LogP) is 2.67. The molecular formula is C19H19N3O3. The van der Waals surface area contributed by atoms with Crippen LogP contribution in [-0.4, -0.2) is 38.7 Å². The number of rotatable bonds is 3. The van der Waals surface area contributed by atoms with Crippen molar-refractivity contribution < 1.29 is 14.6 Å². The molecule has 128 valence electrons. The standard InChI is InChI=1S/C19H19N3O3/c1-21-12-20-16-8-13(2-5-17(16)21)10-22-6-7-25-18-9-14(19(23)24)3-4-15(18)11-22/h2-5,8-9,12H,6-7,10-11H2,1H3,(H,23,24). The number of aromatic nitrogens is 2. The van der Waals surface area contributed by atoms with Crippen LogP contribution in [0.5, 0.6) is 5.75 Å². The van der Waals surface area contributed by atoms with Crippen LogP contribution in [0.25, 0.3) is 11.0 Å². The first-order valence-corrected chi connectivity index (χ1v) is 8.21. The number of ether oxygens (including phenoxy) is 1. The number of aromatic carboxylic acids is 1. The van der Waals surface area contributed by atoms with E-state index in [4.69, 9.17) is 9.84 Å². The largest absolute Gasteiger partial charge is 0.492 e. The molecule has 0 fully saturated rings. The third-order valence-corrected chi connectivity index (χ3v) is 4.57. The topological polar surface area (TPSA) is 67.6 Å². The van der Waals surface area contributed by atoms with Gasteiger partial charge < -0.3 is 14.4 Å². The molecule has 25 heavy (non-hydrogen) atoms. The Labute approximate surface area is 145 Å². The lowest BCUT2D eigenvalue weighted by Crippen LogP contribution is -2.25. The van der Waals surface area contributed by atoms with Gasteiger partial charge >= 0.3 is 5.97 Å². The third kappa shape index (κ3) is 3.08. The molecule has 6 nitrogen and oxygen atoms in total. The fraction of sp³-hybridized carbons (Fsp3) is 0.263. The molecule has 0 aliphatic carbocycles. The summed E-state index contributed by atoms with van der Waals surface area (Å²) >= 11 is 0. The van der Waals surface area contributed by atoms with E-state index in [1.54, 1.807) is 12.1 Å². The Hall–Kier alpha value is -2.86. The van der Waals surface area contributed by atoms with Crippen LogP contribution in [0.3, 0.4) is 0 Å². The predicted molar refractivity (Wildman–Crippen MR) is 93.7 cm³/mol. The summed E-state index contributed by atoms with van der Waals surface area (Å²) < 4.78 is 7.77. The van der Waals surface area contributed by atoms with Crippen LogP contribution in [0, 0.1) is 0 Å². The maximum atomic E-state index is 11.1. The van der Waals surface area contributed by atoms with Crippen molar-refractivity contribution in [2.45, 2.75) is 13.1 Å². The lowest BCUT2D eigenvalue weighted by Gasteiger charge is -2.19. The first-order valence-electron chi connectivity index (χ1n) is 8.21. The Morgan fingerprint density at radius 1 is 1.28 bits per heavy atom. The van der Waals surface area contributed by atoms with Crippen LogP contribution in [0.4, 0.5) is 0 Å². The van der Waals surface area contributed by atoms with Crippen LogP contribution in [0.2, 0.25) is 0 Å². The van der Waals surface area contributed by atoms with Gasteiger partial charge in [-0.3, -0.25) is 4.90 Å². The Bertz CT molecular complexity index is 948. The van der Waals surface area contributed by atoms with E-state index in [0.717, 1.165) is 36.2 Å². The number of hydrogen-bond acceptors (Lipinski definition) is 4. The lowest BCUT2D eigenvalue weighted by atomic mass is 10.1. The number of benzene rings is 2. The maximum absolute atomic E-state index is 11.1. The molecule has 1 aliphatic rings. The quantitative estimate of drug-likeness (QED) is 0.796. The van der Waals surface area contributed by atoms with Gasteiger partial charge in [0.05, 0.1) is 22.9 Å². The van der Waals surface area contributed by atoms with Crippen molar-refractivity contribution in [1.82, 2.24) is 14.5 Å². The molecule has 2 aromatic carbocycles. The van der Waals surface area contributed by atoms with Crippen molar-refractivity contribution >= 4 is 17.0 Å². The minimum atomic E-state index is -0.934. The summed E-state index contributed by atoms with van der Waals surface area (Å²) in [7, 11) is 1.99. The molecular weight excluding hydrogens is 318 g/mol. The summed E-state index contributed by atoms with van der Waals surface area (Å²) in [6.07, 6.45) is 1.82. The molecule has 0 saturated heterocycles. The van der Waals surface area contributed by atoms with E-state index in [9.17, 15) is 4.79 Å². The van der Waals surface area contributed by atoms with Crippen LogP contribution in [-0.2, 0) is 20.1 Å². The molecule has 0 bridgehead atoms. The zero-order valence-electron chi connectivity index (χ0n) is 14.0. The highest BCUT2D eigenvalue weighted by molar-refractivity contribution is 5.88. The van der Waals surface area contributed by atoms with Crippen LogP contribution >= 0.6 is 0 Å². The van der Waals surface area contributed by atoms with Gasteiger partial charge in [-0.2, -0.15) is 0 Å². The molecule has 0 atom stereocenters. The molecule has 1 aliphatic heterocycles. The SMILES string of the molecule is Cn1cnc2cc(CN3CCOc4cc(C(=O)O)ccc4C3)ccc21. The number of hydrogen-bond donors (Lipinski definition) is 1. The zero-order valence-corrected chi connectivity index (χ0v) is 14.0. The fourth-order valence-corrected chi connectivity index (χ4v) is 3.23. The van der Waals surface area contributed by atoms with Gasteiger partial charge in [-0.05, 0) is 29.8 Å². The van der Waals surface area contributed by atoms with Gasteiger partial charge in [0.1, 0.15) is 12.4 Å². The molecule has 0 spiro atoms. The average molecular weight is 337 g/mol. The molecule has 6 heteroatoms. The van der Waals surface area contributed by atoms with E-state index in [2.05, 4.69) is 28.1 Å². The zero-order chi connectivity index (χ0) is 17.4. The number of aryl methyl sites for hydroxylation is 1. The third-order valence-electron chi connectivity index (χ3n) is 4.57. The minimum absolute atomic E-state index is 0.257. The van der Waals surface area contributed by atoms with E-state index in [-0.39, 0.29) is 5.56 Å². The van der Waals surface area contributed by atoms with Crippen LogP contribution < -0.4 is 4.74 Å². The van der Waals surface area contributed by atoms with Gasteiger partial charge in [0.25, 0.3) is 0 Å². The highest BCUT2D eigenvalue weighted by Gasteiger charge is 2.17. The van der Waals surface area contributed by atoms with Crippen molar-refractivity contribution in [3.8, 4) is 5.75 Å². The smallest absolute Gasteiger partial charge is 0.335 e. The van der Waals surface area contributed by atoms with E-state index >= 15 is 0 Å². The summed E-state index contributed by atoms with van der Waals surface area (Å²) in [5.74, 6) is -0.265. The molecule has 1 aromatic heterocycles. The van der Waals surface area contributed by atoms with Gasteiger partial charge in [0.2, 0.25) is 0 Å². The highest BCUT2D eigenvalue weighted by Crippen LogP contribution is 2.26. The molecule has 1 N–H and O–H groups in total. The van der Waals surface area contributed by atoms with Crippen LogP contribution in [0.15, 0.2) is 42.7 Å². The summed E-state index contributed by atoms with van der Waals surface area (Å²) in [6.45, 7) is 2.87. The van der Waals surface area contributed by atoms with Crippen molar-refractivity contribution in [3.05, 3.63) is 59.4 Å². The van der Waals surface area contributed by atoms with Gasteiger partial charge in [-0.15, -0.1) is 0 Å².